The highest BCUT2D eigenvalue weighted by molar-refractivity contribution is 5.99. The van der Waals surface area contributed by atoms with Gasteiger partial charge in [0.2, 0.25) is 5.91 Å². The van der Waals surface area contributed by atoms with Crippen molar-refractivity contribution in [1.82, 2.24) is 0 Å². The number of amides is 1. The van der Waals surface area contributed by atoms with Crippen LogP contribution in [0, 0.1) is 5.41 Å². The second-order valence-corrected chi connectivity index (χ2v) is 7.20. The van der Waals surface area contributed by atoms with E-state index in [1.54, 1.807) is 11.9 Å². The molecule has 0 bridgehead atoms. The molecular weight excluding hydrogens is 252 g/mol. The van der Waals surface area contributed by atoms with E-state index in [0.29, 0.717) is 12.3 Å². The number of benzene rings is 1. The van der Waals surface area contributed by atoms with E-state index in [-0.39, 0.29) is 11.3 Å². The molecule has 1 aromatic carbocycles. The van der Waals surface area contributed by atoms with Crippen LogP contribution in [-0.2, 0) is 10.2 Å². The van der Waals surface area contributed by atoms with Gasteiger partial charge in [-0.2, -0.15) is 0 Å². The Kier molecular flexibility index (Phi) is 3.23. The number of nitrogen functional groups attached to an aromatic ring is 1. The molecular formula is C16H24N2O2. The fourth-order valence-electron chi connectivity index (χ4n) is 2.47. The SMILES string of the molecule is CN1C(=O)C(C)(C)COc2c1cc(N)cc2C(C)(C)C. The van der Waals surface area contributed by atoms with Crippen molar-refractivity contribution in [3.63, 3.8) is 0 Å². The predicted octanol–water partition coefficient (Wildman–Crippen LogP) is 2.95. The van der Waals surface area contributed by atoms with Gasteiger partial charge >= 0.3 is 0 Å². The maximum Gasteiger partial charge on any atom is 0.235 e. The van der Waals surface area contributed by atoms with Crippen LogP contribution >= 0.6 is 0 Å². The molecule has 0 saturated carbocycles. The number of carbonyl (C=O) groups is 1. The van der Waals surface area contributed by atoms with Crippen LogP contribution in [-0.4, -0.2) is 19.6 Å². The van der Waals surface area contributed by atoms with Gasteiger partial charge in [0.05, 0.1) is 11.1 Å². The van der Waals surface area contributed by atoms with Gasteiger partial charge in [0.1, 0.15) is 12.4 Å². The summed E-state index contributed by atoms with van der Waals surface area (Å²) in [7, 11) is 1.78. The van der Waals surface area contributed by atoms with Gasteiger partial charge in [-0.05, 0) is 31.4 Å². The van der Waals surface area contributed by atoms with Crippen LogP contribution in [0.4, 0.5) is 11.4 Å². The summed E-state index contributed by atoms with van der Waals surface area (Å²) in [5.74, 6) is 0.815. The minimum atomic E-state index is -0.544. The molecule has 0 spiro atoms. The zero-order valence-electron chi connectivity index (χ0n) is 13.2. The number of nitrogens with zero attached hydrogens (tertiary/aromatic N) is 1. The molecule has 0 saturated heterocycles. The molecule has 0 radical (unpaired) electrons. The van der Waals surface area contributed by atoms with Crippen molar-refractivity contribution in [3.05, 3.63) is 17.7 Å². The van der Waals surface area contributed by atoms with E-state index in [0.717, 1.165) is 17.0 Å². The topological polar surface area (TPSA) is 55.6 Å². The van der Waals surface area contributed by atoms with Gasteiger partial charge in [-0.1, -0.05) is 20.8 Å². The van der Waals surface area contributed by atoms with Gasteiger partial charge in [-0.3, -0.25) is 4.79 Å². The van der Waals surface area contributed by atoms with Gasteiger partial charge in [0, 0.05) is 18.3 Å². The molecule has 1 heterocycles. The molecule has 1 aliphatic rings. The van der Waals surface area contributed by atoms with Crippen LogP contribution in [0.15, 0.2) is 12.1 Å². The van der Waals surface area contributed by atoms with E-state index in [1.165, 1.54) is 0 Å². The van der Waals surface area contributed by atoms with E-state index < -0.39 is 5.41 Å². The number of hydrogen-bond donors (Lipinski definition) is 1. The van der Waals surface area contributed by atoms with Crippen LogP contribution in [0.2, 0.25) is 0 Å². The van der Waals surface area contributed by atoms with Crippen molar-refractivity contribution in [2.75, 3.05) is 24.3 Å². The van der Waals surface area contributed by atoms with Crippen molar-refractivity contribution in [3.8, 4) is 5.75 Å². The number of carbonyl (C=O) groups excluding carboxylic acids is 1. The molecule has 2 N–H and O–H groups in total. The number of nitrogens with two attached hydrogens (primary N) is 1. The highest BCUT2D eigenvalue weighted by Crippen LogP contribution is 2.43. The lowest BCUT2D eigenvalue weighted by molar-refractivity contribution is -0.127. The Morgan fingerprint density at radius 1 is 1.30 bits per heavy atom. The Hall–Kier alpha value is -1.71. The first-order chi connectivity index (χ1) is 9.04. The molecule has 0 aliphatic carbocycles. The molecule has 0 fully saturated rings. The zero-order valence-corrected chi connectivity index (χ0v) is 13.2. The van der Waals surface area contributed by atoms with Gasteiger partial charge in [0.15, 0.2) is 0 Å². The van der Waals surface area contributed by atoms with E-state index in [9.17, 15) is 4.79 Å². The normalized spacial score (nSPS) is 18.3. The molecule has 2 rings (SSSR count). The van der Waals surface area contributed by atoms with Gasteiger partial charge in [-0.25, -0.2) is 0 Å². The van der Waals surface area contributed by atoms with Crippen LogP contribution in [0.1, 0.15) is 40.2 Å². The number of fused-ring (bicyclic) bond motifs is 1. The van der Waals surface area contributed by atoms with Crippen molar-refractivity contribution in [2.45, 2.75) is 40.0 Å². The Morgan fingerprint density at radius 3 is 2.45 bits per heavy atom. The highest BCUT2D eigenvalue weighted by atomic mass is 16.5. The van der Waals surface area contributed by atoms with Crippen molar-refractivity contribution in [2.24, 2.45) is 5.41 Å². The number of rotatable bonds is 0. The smallest absolute Gasteiger partial charge is 0.235 e. The number of anilines is 2. The molecule has 4 heteroatoms. The lowest BCUT2D eigenvalue weighted by Gasteiger charge is -2.26. The van der Waals surface area contributed by atoms with E-state index in [2.05, 4.69) is 20.8 Å². The Labute approximate surface area is 120 Å². The van der Waals surface area contributed by atoms with E-state index in [1.807, 2.05) is 26.0 Å². The summed E-state index contributed by atoms with van der Waals surface area (Å²) >= 11 is 0. The lowest BCUT2D eigenvalue weighted by atomic mass is 9.85. The Bertz CT molecular complexity index is 556. The maximum absolute atomic E-state index is 12.5. The van der Waals surface area contributed by atoms with Gasteiger partial charge < -0.3 is 15.4 Å². The van der Waals surface area contributed by atoms with Crippen LogP contribution in [0.5, 0.6) is 5.75 Å². The third-order valence-electron chi connectivity index (χ3n) is 3.72. The molecule has 0 aromatic heterocycles. The summed E-state index contributed by atoms with van der Waals surface area (Å²) in [6.45, 7) is 10.5. The molecule has 1 aliphatic heterocycles. The molecule has 110 valence electrons. The minimum absolute atomic E-state index is 0.0432. The molecule has 0 unspecified atom stereocenters. The summed E-state index contributed by atoms with van der Waals surface area (Å²) in [6, 6.07) is 3.75. The summed E-state index contributed by atoms with van der Waals surface area (Å²) in [4.78, 5) is 14.2. The minimum Gasteiger partial charge on any atom is -0.490 e. The molecule has 20 heavy (non-hydrogen) atoms. The van der Waals surface area contributed by atoms with Gasteiger partial charge in [-0.15, -0.1) is 0 Å². The summed E-state index contributed by atoms with van der Waals surface area (Å²) in [5, 5.41) is 0. The first-order valence-electron chi connectivity index (χ1n) is 6.89. The number of hydrogen-bond acceptors (Lipinski definition) is 3. The zero-order chi connectivity index (χ0) is 15.3. The van der Waals surface area contributed by atoms with Crippen molar-refractivity contribution >= 4 is 17.3 Å². The third-order valence-corrected chi connectivity index (χ3v) is 3.72. The monoisotopic (exact) mass is 276 g/mol. The van der Waals surface area contributed by atoms with E-state index >= 15 is 0 Å². The predicted molar refractivity (Wildman–Crippen MR) is 82.2 cm³/mol. The van der Waals surface area contributed by atoms with Crippen molar-refractivity contribution in [1.29, 1.82) is 0 Å². The summed E-state index contributed by atoms with van der Waals surface area (Å²) in [5.41, 5.74) is 7.81. The quantitative estimate of drug-likeness (QED) is 0.741. The fraction of sp³-hybridized carbons (Fsp3) is 0.562. The maximum atomic E-state index is 12.5. The second-order valence-electron chi connectivity index (χ2n) is 7.20. The average Bonchev–Trinajstić information content (AvgIpc) is 2.39. The molecule has 1 amide bonds. The third kappa shape index (κ3) is 2.35. The van der Waals surface area contributed by atoms with E-state index in [4.69, 9.17) is 10.5 Å². The first-order valence-corrected chi connectivity index (χ1v) is 6.89. The Morgan fingerprint density at radius 2 is 1.90 bits per heavy atom. The van der Waals surface area contributed by atoms with Gasteiger partial charge in [0.25, 0.3) is 0 Å². The average molecular weight is 276 g/mol. The summed E-state index contributed by atoms with van der Waals surface area (Å²) < 4.78 is 6.00. The second kappa shape index (κ2) is 4.40. The van der Waals surface area contributed by atoms with Crippen LogP contribution in [0.25, 0.3) is 0 Å². The standard InChI is InChI=1S/C16H24N2O2/c1-15(2,3)11-7-10(17)8-12-13(11)20-9-16(4,5)14(19)18(12)6/h7-8H,9,17H2,1-6H3. The highest BCUT2D eigenvalue weighted by Gasteiger charge is 2.38. The summed E-state index contributed by atoms with van der Waals surface area (Å²) in [6.07, 6.45) is 0. The molecule has 0 atom stereocenters. The first kappa shape index (κ1) is 14.7. The Balaban J connectivity index is 2.68. The van der Waals surface area contributed by atoms with Crippen LogP contribution < -0.4 is 15.4 Å². The molecule has 4 nitrogen and oxygen atoms in total. The fourth-order valence-corrected chi connectivity index (χ4v) is 2.47. The number of ether oxygens (including phenoxy) is 1. The molecule has 1 aromatic rings. The van der Waals surface area contributed by atoms with Crippen LogP contribution in [0.3, 0.4) is 0 Å². The largest absolute Gasteiger partial charge is 0.490 e. The van der Waals surface area contributed by atoms with Crippen molar-refractivity contribution < 1.29 is 9.53 Å². The lowest BCUT2D eigenvalue weighted by Crippen LogP contribution is -2.39.